The number of thioether (sulfide) groups is 1. The highest BCUT2D eigenvalue weighted by Gasteiger charge is 2.33. The van der Waals surface area contributed by atoms with Crippen LogP contribution in [0.15, 0.2) is 52.1 Å². The van der Waals surface area contributed by atoms with Crippen LogP contribution in [0.5, 0.6) is 0 Å². The van der Waals surface area contributed by atoms with Crippen molar-refractivity contribution in [2.75, 3.05) is 13.1 Å². The number of hydrogen-bond donors (Lipinski definition) is 2. The van der Waals surface area contributed by atoms with Gasteiger partial charge in [-0.05, 0) is 49.7 Å². The first kappa shape index (κ1) is 17.7. The molecule has 0 amide bonds. The van der Waals surface area contributed by atoms with Crippen molar-refractivity contribution in [1.29, 1.82) is 0 Å². The van der Waals surface area contributed by atoms with Crippen LogP contribution in [0.25, 0.3) is 11.0 Å². The number of fused-ring (bicyclic) bond motifs is 1. The summed E-state index contributed by atoms with van der Waals surface area (Å²) in [5.74, 6) is 0.0203. The molecule has 0 bridgehead atoms. The lowest BCUT2D eigenvalue weighted by Crippen LogP contribution is -2.28. The van der Waals surface area contributed by atoms with Gasteiger partial charge < -0.3 is 10.3 Å². The summed E-state index contributed by atoms with van der Waals surface area (Å²) in [6, 6.07) is 11.9. The number of aromatic amines is 1. The standard InChI is InChI=1S/C19H17BrFN3OS/c20-13-3-1-11(2-4-13)17(25)18(12-7-8-22-10-12)26-19-23-15-6-5-14(21)9-16(15)24-19/h1-6,9,12,18,22H,7-8,10H2,(H,23,24). The third-order valence-corrected chi connectivity index (χ3v) is 6.37. The predicted molar refractivity (Wildman–Crippen MR) is 105 cm³/mol. The first-order valence-corrected chi connectivity index (χ1v) is 10.1. The van der Waals surface area contributed by atoms with Gasteiger partial charge in [-0.3, -0.25) is 4.79 Å². The van der Waals surface area contributed by atoms with Crippen LogP contribution in [0.1, 0.15) is 16.8 Å². The Morgan fingerprint density at radius 2 is 2.08 bits per heavy atom. The molecule has 0 saturated carbocycles. The van der Waals surface area contributed by atoms with Crippen molar-refractivity contribution in [3.05, 3.63) is 58.3 Å². The number of hydrogen-bond acceptors (Lipinski definition) is 4. The highest BCUT2D eigenvalue weighted by atomic mass is 79.9. The predicted octanol–water partition coefficient (Wildman–Crippen LogP) is 4.42. The molecule has 1 saturated heterocycles. The fourth-order valence-corrected chi connectivity index (χ4v) is 4.70. The van der Waals surface area contributed by atoms with E-state index in [1.165, 1.54) is 23.9 Å². The van der Waals surface area contributed by atoms with Gasteiger partial charge in [0.2, 0.25) is 0 Å². The summed E-state index contributed by atoms with van der Waals surface area (Å²) in [5.41, 5.74) is 2.04. The average molecular weight is 434 g/mol. The van der Waals surface area contributed by atoms with Crippen LogP contribution < -0.4 is 5.32 Å². The molecule has 4 nitrogen and oxygen atoms in total. The number of halogens is 2. The number of carbonyl (C=O) groups excluding carboxylic acids is 1. The number of nitrogens with zero attached hydrogens (tertiary/aromatic N) is 1. The smallest absolute Gasteiger partial charge is 0.176 e. The van der Waals surface area contributed by atoms with Crippen LogP contribution in [0.3, 0.4) is 0 Å². The van der Waals surface area contributed by atoms with Gasteiger partial charge in [0, 0.05) is 16.1 Å². The molecule has 2 N–H and O–H groups in total. The maximum absolute atomic E-state index is 13.4. The van der Waals surface area contributed by atoms with E-state index in [2.05, 4.69) is 31.2 Å². The summed E-state index contributed by atoms with van der Waals surface area (Å²) in [4.78, 5) is 20.8. The molecule has 26 heavy (non-hydrogen) atoms. The Bertz CT molecular complexity index is 938. The van der Waals surface area contributed by atoms with Crippen LogP contribution >= 0.6 is 27.7 Å². The van der Waals surface area contributed by atoms with E-state index in [4.69, 9.17) is 0 Å². The summed E-state index contributed by atoms with van der Waals surface area (Å²) in [7, 11) is 0. The molecular formula is C19H17BrFN3OS. The van der Waals surface area contributed by atoms with E-state index in [9.17, 15) is 9.18 Å². The van der Waals surface area contributed by atoms with Gasteiger partial charge in [-0.15, -0.1) is 0 Å². The molecule has 1 aliphatic rings. The summed E-state index contributed by atoms with van der Waals surface area (Å²) in [5, 5.41) is 3.74. The zero-order valence-electron chi connectivity index (χ0n) is 13.8. The van der Waals surface area contributed by atoms with Crippen molar-refractivity contribution >= 4 is 44.5 Å². The third kappa shape index (κ3) is 3.70. The molecule has 1 aromatic heterocycles. The van der Waals surface area contributed by atoms with E-state index in [0.717, 1.165) is 29.5 Å². The van der Waals surface area contributed by atoms with Crippen molar-refractivity contribution in [2.45, 2.75) is 16.8 Å². The molecule has 1 aliphatic heterocycles. The van der Waals surface area contributed by atoms with Gasteiger partial charge in [-0.2, -0.15) is 0 Å². The normalized spacial score (nSPS) is 18.3. The van der Waals surface area contributed by atoms with Crippen LogP contribution in [0.4, 0.5) is 4.39 Å². The second-order valence-electron chi connectivity index (χ2n) is 6.37. The Balaban J connectivity index is 1.63. The van der Waals surface area contributed by atoms with Crippen molar-refractivity contribution in [3.63, 3.8) is 0 Å². The van der Waals surface area contributed by atoms with E-state index in [1.54, 1.807) is 6.07 Å². The van der Waals surface area contributed by atoms with Crippen molar-refractivity contribution < 1.29 is 9.18 Å². The fraction of sp³-hybridized carbons (Fsp3) is 0.263. The molecule has 2 atom stereocenters. The molecule has 2 unspecified atom stereocenters. The van der Waals surface area contributed by atoms with Crippen LogP contribution in [-0.4, -0.2) is 34.1 Å². The number of Topliss-reactive ketones (excluding diaryl/α,β-unsaturated/α-hetero) is 1. The van der Waals surface area contributed by atoms with Crippen LogP contribution in [0.2, 0.25) is 0 Å². The fourth-order valence-electron chi connectivity index (χ4n) is 3.21. The maximum atomic E-state index is 13.4. The number of rotatable bonds is 5. The topological polar surface area (TPSA) is 57.8 Å². The van der Waals surface area contributed by atoms with Crippen LogP contribution in [0, 0.1) is 11.7 Å². The van der Waals surface area contributed by atoms with Gasteiger partial charge in [0.25, 0.3) is 0 Å². The SMILES string of the molecule is O=C(c1ccc(Br)cc1)C(Sc1nc2cc(F)ccc2[nH]1)C1CCNC1. The lowest BCUT2D eigenvalue weighted by molar-refractivity contribution is 0.0972. The Morgan fingerprint density at radius 3 is 2.81 bits per heavy atom. The Kier molecular flexibility index (Phi) is 5.11. The lowest BCUT2D eigenvalue weighted by atomic mass is 9.97. The minimum absolute atomic E-state index is 0.0998. The Hall–Kier alpha value is -1.70. The first-order valence-electron chi connectivity index (χ1n) is 8.42. The second-order valence-corrected chi connectivity index (χ2v) is 8.41. The van der Waals surface area contributed by atoms with E-state index in [-0.39, 0.29) is 22.8 Å². The third-order valence-electron chi connectivity index (χ3n) is 4.58. The molecule has 0 spiro atoms. The minimum atomic E-state index is -0.317. The van der Waals surface area contributed by atoms with Gasteiger partial charge >= 0.3 is 0 Å². The van der Waals surface area contributed by atoms with E-state index in [0.29, 0.717) is 16.2 Å². The van der Waals surface area contributed by atoms with E-state index < -0.39 is 0 Å². The molecule has 2 aromatic carbocycles. The van der Waals surface area contributed by atoms with Gasteiger partial charge in [0.15, 0.2) is 10.9 Å². The number of nitrogens with one attached hydrogen (secondary N) is 2. The Morgan fingerprint density at radius 1 is 1.27 bits per heavy atom. The number of carbonyl (C=O) groups is 1. The van der Waals surface area contributed by atoms with Crippen molar-refractivity contribution in [2.24, 2.45) is 5.92 Å². The maximum Gasteiger partial charge on any atom is 0.176 e. The van der Waals surface area contributed by atoms with Gasteiger partial charge in [-0.25, -0.2) is 9.37 Å². The highest BCUT2D eigenvalue weighted by molar-refractivity contribution is 9.10. The summed E-state index contributed by atoms with van der Waals surface area (Å²) in [6.07, 6.45) is 0.953. The summed E-state index contributed by atoms with van der Waals surface area (Å²) >= 11 is 4.84. The number of imidazole rings is 1. The summed E-state index contributed by atoms with van der Waals surface area (Å²) in [6.45, 7) is 1.73. The number of benzene rings is 2. The average Bonchev–Trinajstić information content (AvgIpc) is 3.28. The zero-order chi connectivity index (χ0) is 18.1. The molecule has 7 heteroatoms. The second kappa shape index (κ2) is 7.50. The van der Waals surface area contributed by atoms with Crippen molar-refractivity contribution in [1.82, 2.24) is 15.3 Å². The highest BCUT2D eigenvalue weighted by Crippen LogP contribution is 2.33. The van der Waals surface area contributed by atoms with Crippen LogP contribution in [-0.2, 0) is 0 Å². The number of aromatic nitrogens is 2. The van der Waals surface area contributed by atoms with E-state index in [1.807, 2.05) is 24.3 Å². The molecule has 0 radical (unpaired) electrons. The monoisotopic (exact) mass is 433 g/mol. The molecular weight excluding hydrogens is 417 g/mol. The first-order chi connectivity index (χ1) is 12.6. The molecule has 2 heterocycles. The Labute approximate surface area is 163 Å². The lowest BCUT2D eigenvalue weighted by Gasteiger charge is -2.20. The zero-order valence-corrected chi connectivity index (χ0v) is 16.2. The number of ketones is 1. The van der Waals surface area contributed by atoms with Crippen molar-refractivity contribution in [3.8, 4) is 0 Å². The molecule has 4 rings (SSSR count). The minimum Gasteiger partial charge on any atom is -0.333 e. The quantitative estimate of drug-likeness (QED) is 0.461. The molecule has 134 valence electrons. The van der Waals surface area contributed by atoms with Gasteiger partial charge in [0.1, 0.15) is 5.82 Å². The molecule has 1 fully saturated rings. The van der Waals surface area contributed by atoms with Gasteiger partial charge in [-0.1, -0.05) is 39.8 Å². The molecule has 3 aromatic rings. The van der Waals surface area contributed by atoms with Gasteiger partial charge in [0.05, 0.1) is 16.3 Å². The largest absolute Gasteiger partial charge is 0.333 e. The van der Waals surface area contributed by atoms with E-state index >= 15 is 0 Å². The number of H-pyrrole nitrogens is 1. The summed E-state index contributed by atoms with van der Waals surface area (Å²) < 4.78 is 14.4. The molecule has 0 aliphatic carbocycles.